The largest absolute Gasteiger partial charge is 0.497 e. The number of amides is 1. The Bertz CT molecular complexity index is 859. The zero-order chi connectivity index (χ0) is 17.6. The molecule has 3 aromatic rings. The van der Waals surface area contributed by atoms with Crippen LogP contribution in [0.15, 0.2) is 71.8 Å². The van der Waals surface area contributed by atoms with Crippen molar-refractivity contribution in [1.29, 1.82) is 0 Å². The molecule has 0 bridgehead atoms. The Labute approximate surface area is 151 Å². The molecule has 128 valence electrons. The number of nitrogens with zero attached hydrogens (tertiary/aromatic N) is 1. The second kappa shape index (κ2) is 7.81. The molecule has 2 aromatic carbocycles. The van der Waals surface area contributed by atoms with Gasteiger partial charge in [-0.1, -0.05) is 12.1 Å². The fourth-order valence-electron chi connectivity index (χ4n) is 2.32. The molecule has 0 saturated heterocycles. The van der Waals surface area contributed by atoms with Crippen molar-refractivity contribution in [3.8, 4) is 5.75 Å². The molecule has 3 rings (SSSR count). The molecule has 0 unspecified atom stereocenters. The summed E-state index contributed by atoms with van der Waals surface area (Å²) < 4.78 is 10.2. The highest BCUT2D eigenvalue weighted by atomic mass is 32.2. The standard InChI is InChI=1S/C19H19N3O2S/c1-22-13-5-8-18(22)19(23)20-16-6-3-4-7-17(16)21-25-15-11-9-14(24-2)10-12-15/h3-13,21H,1-2H3,(H,20,23). The van der Waals surface area contributed by atoms with Crippen molar-refractivity contribution in [1.82, 2.24) is 4.57 Å². The lowest BCUT2D eigenvalue weighted by molar-refractivity contribution is 0.101. The van der Waals surface area contributed by atoms with Crippen LogP contribution in [0.4, 0.5) is 11.4 Å². The van der Waals surface area contributed by atoms with Gasteiger partial charge in [-0.15, -0.1) is 0 Å². The summed E-state index contributed by atoms with van der Waals surface area (Å²) in [6, 6.07) is 19.0. The number of methoxy groups -OCH3 is 1. The summed E-state index contributed by atoms with van der Waals surface area (Å²) in [4.78, 5) is 13.5. The van der Waals surface area contributed by atoms with E-state index in [1.807, 2.05) is 67.8 Å². The molecular formula is C19H19N3O2S. The Morgan fingerprint density at radius 1 is 1.00 bits per heavy atom. The van der Waals surface area contributed by atoms with E-state index >= 15 is 0 Å². The van der Waals surface area contributed by atoms with Gasteiger partial charge in [0.2, 0.25) is 0 Å². The predicted octanol–water partition coefficient (Wildman–Crippen LogP) is 4.41. The van der Waals surface area contributed by atoms with Gasteiger partial charge in [0.25, 0.3) is 5.91 Å². The predicted molar refractivity (Wildman–Crippen MR) is 102 cm³/mol. The van der Waals surface area contributed by atoms with E-state index in [1.165, 1.54) is 11.9 Å². The van der Waals surface area contributed by atoms with Crippen LogP contribution in [0.2, 0.25) is 0 Å². The smallest absolute Gasteiger partial charge is 0.272 e. The van der Waals surface area contributed by atoms with Crippen LogP contribution < -0.4 is 14.8 Å². The molecule has 1 amide bonds. The highest BCUT2D eigenvalue weighted by molar-refractivity contribution is 8.00. The summed E-state index contributed by atoms with van der Waals surface area (Å²) in [6.45, 7) is 0. The molecular weight excluding hydrogens is 334 g/mol. The van der Waals surface area contributed by atoms with Gasteiger partial charge in [-0.3, -0.25) is 4.79 Å². The van der Waals surface area contributed by atoms with Crippen molar-refractivity contribution in [2.45, 2.75) is 4.90 Å². The zero-order valence-electron chi connectivity index (χ0n) is 14.0. The van der Waals surface area contributed by atoms with Crippen molar-refractivity contribution in [2.24, 2.45) is 7.05 Å². The van der Waals surface area contributed by atoms with Crippen LogP contribution in [0.5, 0.6) is 5.75 Å². The van der Waals surface area contributed by atoms with Crippen LogP contribution in [0.3, 0.4) is 0 Å². The molecule has 2 N–H and O–H groups in total. The van der Waals surface area contributed by atoms with Crippen LogP contribution in [0.25, 0.3) is 0 Å². The van der Waals surface area contributed by atoms with Crippen LogP contribution >= 0.6 is 11.9 Å². The van der Waals surface area contributed by atoms with Crippen molar-refractivity contribution >= 4 is 29.2 Å². The van der Waals surface area contributed by atoms with Gasteiger partial charge in [0.15, 0.2) is 0 Å². The maximum absolute atomic E-state index is 12.4. The van der Waals surface area contributed by atoms with Crippen LogP contribution in [-0.2, 0) is 7.05 Å². The molecule has 0 fully saturated rings. The quantitative estimate of drug-likeness (QED) is 0.645. The number of para-hydroxylation sites is 2. The number of aromatic nitrogens is 1. The van der Waals surface area contributed by atoms with Crippen molar-refractivity contribution in [2.75, 3.05) is 17.1 Å². The SMILES string of the molecule is COc1ccc(SNc2ccccc2NC(=O)c2cccn2C)cc1. The molecule has 1 aromatic heterocycles. The first kappa shape index (κ1) is 17.0. The Morgan fingerprint density at radius 3 is 2.36 bits per heavy atom. The molecule has 0 aliphatic heterocycles. The lowest BCUT2D eigenvalue weighted by atomic mass is 10.2. The summed E-state index contributed by atoms with van der Waals surface area (Å²) in [5.41, 5.74) is 2.18. The summed E-state index contributed by atoms with van der Waals surface area (Å²) in [6.07, 6.45) is 1.85. The molecule has 5 nitrogen and oxygen atoms in total. The molecule has 1 heterocycles. The van der Waals surface area contributed by atoms with Crippen molar-refractivity contribution < 1.29 is 9.53 Å². The molecule has 0 saturated carbocycles. The molecule has 0 radical (unpaired) electrons. The molecule has 6 heteroatoms. The number of nitrogens with one attached hydrogen (secondary N) is 2. The van der Waals surface area contributed by atoms with E-state index in [0.717, 1.165) is 22.0 Å². The van der Waals surface area contributed by atoms with Gasteiger partial charge in [0, 0.05) is 18.1 Å². The maximum Gasteiger partial charge on any atom is 0.272 e. The Balaban J connectivity index is 1.70. The lowest BCUT2D eigenvalue weighted by Gasteiger charge is -2.13. The third kappa shape index (κ3) is 4.16. The lowest BCUT2D eigenvalue weighted by Crippen LogP contribution is -2.16. The third-order valence-corrected chi connectivity index (χ3v) is 4.52. The van der Waals surface area contributed by atoms with Crippen molar-refractivity contribution in [3.63, 3.8) is 0 Å². The average Bonchev–Trinajstić information content (AvgIpc) is 3.07. The van der Waals surface area contributed by atoms with Gasteiger partial charge >= 0.3 is 0 Å². The normalized spacial score (nSPS) is 10.3. The molecule has 0 spiro atoms. The van der Waals surface area contributed by atoms with Gasteiger partial charge in [0.05, 0.1) is 18.5 Å². The number of hydrogen-bond donors (Lipinski definition) is 2. The fraction of sp³-hybridized carbons (Fsp3) is 0.105. The number of hydrogen-bond acceptors (Lipinski definition) is 4. The topological polar surface area (TPSA) is 55.3 Å². The summed E-state index contributed by atoms with van der Waals surface area (Å²) in [5, 5.41) is 2.95. The number of anilines is 2. The van der Waals surface area contributed by atoms with Gasteiger partial charge < -0.3 is 19.3 Å². The molecule has 0 aliphatic rings. The van der Waals surface area contributed by atoms with E-state index in [2.05, 4.69) is 10.0 Å². The number of rotatable bonds is 6. The second-order valence-corrected chi connectivity index (χ2v) is 6.26. The number of carbonyl (C=O) groups is 1. The zero-order valence-corrected chi connectivity index (χ0v) is 14.8. The van der Waals surface area contributed by atoms with Crippen molar-refractivity contribution in [3.05, 3.63) is 72.6 Å². The first-order valence-corrected chi connectivity index (χ1v) is 8.57. The highest BCUT2D eigenvalue weighted by Gasteiger charge is 2.11. The van der Waals surface area contributed by atoms with Crippen LogP contribution in [-0.4, -0.2) is 17.6 Å². The van der Waals surface area contributed by atoms with E-state index in [-0.39, 0.29) is 5.91 Å². The molecule has 25 heavy (non-hydrogen) atoms. The van der Waals surface area contributed by atoms with Gasteiger partial charge in [0.1, 0.15) is 11.4 Å². The Morgan fingerprint density at radius 2 is 1.72 bits per heavy atom. The van der Waals surface area contributed by atoms with Gasteiger partial charge in [-0.25, -0.2) is 0 Å². The summed E-state index contributed by atoms with van der Waals surface area (Å²) >= 11 is 1.47. The first-order valence-electron chi connectivity index (χ1n) is 7.76. The Kier molecular flexibility index (Phi) is 5.30. The summed E-state index contributed by atoms with van der Waals surface area (Å²) in [7, 11) is 3.49. The number of ether oxygens (including phenoxy) is 1. The minimum absolute atomic E-state index is 0.142. The second-order valence-electron chi connectivity index (χ2n) is 5.38. The van der Waals surface area contributed by atoms with E-state index in [1.54, 1.807) is 17.7 Å². The minimum atomic E-state index is -0.142. The van der Waals surface area contributed by atoms with E-state index in [9.17, 15) is 4.79 Å². The average molecular weight is 353 g/mol. The maximum atomic E-state index is 12.4. The van der Waals surface area contributed by atoms with Gasteiger partial charge in [-0.05, 0) is 60.5 Å². The number of benzene rings is 2. The van der Waals surface area contributed by atoms with Crippen LogP contribution in [0, 0.1) is 0 Å². The van der Waals surface area contributed by atoms with Crippen LogP contribution in [0.1, 0.15) is 10.5 Å². The number of aryl methyl sites for hydroxylation is 1. The molecule has 0 atom stereocenters. The molecule has 0 aliphatic carbocycles. The summed E-state index contributed by atoms with van der Waals surface area (Å²) in [5.74, 6) is 0.677. The van der Waals surface area contributed by atoms with E-state index in [4.69, 9.17) is 4.74 Å². The minimum Gasteiger partial charge on any atom is -0.497 e. The fourth-order valence-corrected chi connectivity index (χ4v) is 3.00. The third-order valence-electron chi connectivity index (χ3n) is 3.69. The number of carbonyl (C=O) groups excluding carboxylic acids is 1. The first-order chi connectivity index (χ1) is 12.2. The van der Waals surface area contributed by atoms with E-state index < -0.39 is 0 Å². The van der Waals surface area contributed by atoms with E-state index in [0.29, 0.717) is 5.69 Å². The van der Waals surface area contributed by atoms with Gasteiger partial charge in [-0.2, -0.15) is 0 Å². The Hall–Kier alpha value is -2.86. The highest BCUT2D eigenvalue weighted by Crippen LogP contribution is 2.28. The monoisotopic (exact) mass is 353 g/mol.